The molecule has 1 heterocycles. The van der Waals surface area contributed by atoms with Crippen molar-refractivity contribution in [2.24, 2.45) is 5.92 Å². The highest BCUT2D eigenvalue weighted by Crippen LogP contribution is 2.25. The van der Waals surface area contributed by atoms with Gasteiger partial charge in [0.05, 0.1) is 0 Å². The minimum Gasteiger partial charge on any atom is -0.309 e. The van der Waals surface area contributed by atoms with Crippen LogP contribution < -0.4 is 0 Å². The van der Waals surface area contributed by atoms with E-state index < -0.39 is 0 Å². The number of hydrogen-bond acceptors (Lipinski definition) is 3. The summed E-state index contributed by atoms with van der Waals surface area (Å²) in [5, 5.41) is 0. The summed E-state index contributed by atoms with van der Waals surface area (Å²) in [4.78, 5) is 16.8. The second-order valence-corrected chi connectivity index (χ2v) is 6.83. The molecular formula is C15H30N2O. The molecule has 18 heavy (non-hydrogen) atoms. The van der Waals surface area contributed by atoms with Gasteiger partial charge >= 0.3 is 0 Å². The van der Waals surface area contributed by atoms with Crippen LogP contribution in [0, 0.1) is 5.92 Å². The Morgan fingerprint density at radius 2 is 2.00 bits per heavy atom. The summed E-state index contributed by atoms with van der Waals surface area (Å²) in [6.07, 6.45) is 4.01. The standard InChI is InChI=1S/C15H30N2O/c1-15(2,3)17-11-6-8-13(12-17)14(18)9-7-10-16(4)5/h13H,6-12H2,1-5H3. The Hall–Kier alpha value is -0.410. The molecule has 1 rings (SSSR count). The van der Waals surface area contributed by atoms with E-state index in [0.29, 0.717) is 5.78 Å². The Kier molecular flexibility index (Phi) is 5.80. The Bertz CT molecular complexity index is 268. The van der Waals surface area contributed by atoms with E-state index in [1.165, 1.54) is 6.42 Å². The van der Waals surface area contributed by atoms with Crippen molar-refractivity contribution in [3.05, 3.63) is 0 Å². The van der Waals surface area contributed by atoms with Crippen molar-refractivity contribution >= 4 is 5.78 Å². The molecule has 1 aliphatic rings. The van der Waals surface area contributed by atoms with Crippen molar-refractivity contribution in [3.63, 3.8) is 0 Å². The number of likely N-dealkylation sites (tertiary alicyclic amines) is 1. The summed E-state index contributed by atoms with van der Waals surface area (Å²) in [5.41, 5.74) is 0.197. The van der Waals surface area contributed by atoms with Crippen molar-refractivity contribution < 1.29 is 4.79 Å². The van der Waals surface area contributed by atoms with Gasteiger partial charge in [-0.15, -0.1) is 0 Å². The predicted molar refractivity (Wildman–Crippen MR) is 76.8 cm³/mol. The van der Waals surface area contributed by atoms with Crippen LogP contribution in [-0.2, 0) is 4.79 Å². The number of carbonyl (C=O) groups excluding carboxylic acids is 1. The van der Waals surface area contributed by atoms with Crippen LogP contribution in [0.3, 0.4) is 0 Å². The van der Waals surface area contributed by atoms with Gasteiger partial charge < -0.3 is 4.90 Å². The Morgan fingerprint density at radius 3 is 2.56 bits per heavy atom. The van der Waals surface area contributed by atoms with Crippen molar-refractivity contribution in [3.8, 4) is 0 Å². The van der Waals surface area contributed by atoms with Crippen molar-refractivity contribution in [1.29, 1.82) is 0 Å². The van der Waals surface area contributed by atoms with E-state index in [4.69, 9.17) is 0 Å². The van der Waals surface area contributed by atoms with Gasteiger partial charge in [-0.3, -0.25) is 9.69 Å². The molecule has 0 aromatic heterocycles. The summed E-state index contributed by atoms with van der Waals surface area (Å²) in [6.45, 7) is 9.85. The quantitative estimate of drug-likeness (QED) is 0.753. The smallest absolute Gasteiger partial charge is 0.137 e. The lowest BCUT2D eigenvalue weighted by atomic mass is 9.89. The monoisotopic (exact) mass is 254 g/mol. The third-order valence-corrected chi connectivity index (χ3v) is 3.85. The Labute approximate surface area is 113 Å². The molecule has 0 spiro atoms. The lowest BCUT2D eigenvalue weighted by Crippen LogP contribution is -2.48. The van der Waals surface area contributed by atoms with Crippen LogP contribution in [0.5, 0.6) is 0 Å². The third kappa shape index (κ3) is 5.07. The van der Waals surface area contributed by atoms with Crippen LogP contribution in [0.15, 0.2) is 0 Å². The molecular weight excluding hydrogens is 224 g/mol. The maximum absolute atomic E-state index is 12.2. The fourth-order valence-electron chi connectivity index (χ4n) is 2.62. The van der Waals surface area contributed by atoms with Gasteiger partial charge in [-0.25, -0.2) is 0 Å². The van der Waals surface area contributed by atoms with Crippen molar-refractivity contribution in [1.82, 2.24) is 9.80 Å². The van der Waals surface area contributed by atoms with E-state index in [1.54, 1.807) is 0 Å². The fourth-order valence-corrected chi connectivity index (χ4v) is 2.62. The summed E-state index contributed by atoms with van der Waals surface area (Å²) in [7, 11) is 4.12. The maximum Gasteiger partial charge on any atom is 0.137 e. The average molecular weight is 254 g/mol. The predicted octanol–water partition coefficient (Wildman–Crippen LogP) is 2.41. The van der Waals surface area contributed by atoms with Gasteiger partial charge in [-0.2, -0.15) is 0 Å². The molecule has 0 bridgehead atoms. The van der Waals surface area contributed by atoms with E-state index in [-0.39, 0.29) is 11.5 Å². The van der Waals surface area contributed by atoms with Crippen LogP contribution in [0.2, 0.25) is 0 Å². The van der Waals surface area contributed by atoms with Crippen LogP contribution >= 0.6 is 0 Å². The third-order valence-electron chi connectivity index (χ3n) is 3.85. The first kappa shape index (κ1) is 15.6. The number of hydrogen-bond donors (Lipinski definition) is 0. The zero-order chi connectivity index (χ0) is 13.8. The fraction of sp³-hybridized carbons (Fsp3) is 0.933. The zero-order valence-corrected chi connectivity index (χ0v) is 12.8. The molecule has 1 unspecified atom stereocenters. The summed E-state index contributed by atoms with van der Waals surface area (Å²) in [6, 6.07) is 0. The van der Waals surface area contributed by atoms with Crippen LogP contribution in [-0.4, -0.2) is 54.9 Å². The average Bonchev–Trinajstić information content (AvgIpc) is 2.27. The first-order valence-corrected chi connectivity index (χ1v) is 7.23. The molecule has 106 valence electrons. The van der Waals surface area contributed by atoms with Gasteiger partial charge in [0.15, 0.2) is 0 Å². The lowest BCUT2D eigenvalue weighted by molar-refractivity contribution is -0.125. The van der Waals surface area contributed by atoms with E-state index in [0.717, 1.165) is 38.9 Å². The second-order valence-electron chi connectivity index (χ2n) is 6.83. The SMILES string of the molecule is CN(C)CCCC(=O)C1CCCN(C(C)(C)C)C1. The van der Waals surface area contributed by atoms with E-state index in [1.807, 2.05) is 0 Å². The summed E-state index contributed by atoms with van der Waals surface area (Å²) in [5.74, 6) is 0.755. The number of ketones is 1. The molecule has 3 nitrogen and oxygen atoms in total. The highest BCUT2D eigenvalue weighted by molar-refractivity contribution is 5.81. The molecule has 1 aliphatic heterocycles. The topological polar surface area (TPSA) is 23.6 Å². The van der Waals surface area contributed by atoms with Crippen LogP contribution in [0.25, 0.3) is 0 Å². The Balaban J connectivity index is 2.39. The number of Topliss-reactive ketones (excluding diaryl/α,β-unsaturated/α-hetero) is 1. The van der Waals surface area contributed by atoms with Gasteiger partial charge in [-0.05, 0) is 67.2 Å². The van der Waals surface area contributed by atoms with Gasteiger partial charge in [0.25, 0.3) is 0 Å². The molecule has 0 N–H and O–H groups in total. The Morgan fingerprint density at radius 1 is 1.33 bits per heavy atom. The summed E-state index contributed by atoms with van der Waals surface area (Å²) < 4.78 is 0. The molecule has 1 fully saturated rings. The molecule has 3 heteroatoms. The van der Waals surface area contributed by atoms with Crippen molar-refractivity contribution in [2.45, 2.75) is 52.0 Å². The number of carbonyl (C=O) groups is 1. The number of nitrogens with zero attached hydrogens (tertiary/aromatic N) is 2. The van der Waals surface area contributed by atoms with Crippen LogP contribution in [0.4, 0.5) is 0 Å². The summed E-state index contributed by atoms with van der Waals surface area (Å²) >= 11 is 0. The molecule has 0 radical (unpaired) electrons. The molecule has 0 amide bonds. The van der Waals surface area contributed by atoms with Gasteiger partial charge in [0.1, 0.15) is 5.78 Å². The van der Waals surface area contributed by atoms with E-state index in [9.17, 15) is 4.79 Å². The van der Waals surface area contributed by atoms with Gasteiger partial charge in [-0.1, -0.05) is 0 Å². The zero-order valence-electron chi connectivity index (χ0n) is 12.8. The van der Waals surface area contributed by atoms with E-state index in [2.05, 4.69) is 44.7 Å². The lowest BCUT2D eigenvalue weighted by Gasteiger charge is -2.41. The first-order chi connectivity index (χ1) is 8.30. The maximum atomic E-state index is 12.2. The highest BCUT2D eigenvalue weighted by atomic mass is 16.1. The first-order valence-electron chi connectivity index (χ1n) is 7.23. The molecule has 0 saturated carbocycles. The second kappa shape index (κ2) is 6.67. The molecule has 1 atom stereocenters. The molecule has 0 aromatic carbocycles. The van der Waals surface area contributed by atoms with Gasteiger partial charge in [0, 0.05) is 24.4 Å². The minimum absolute atomic E-state index is 0.197. The van der Waals surface area contributed by atoms with Crippen molar-refractivity contribution in [2.75, 3.05) is 33.7 Å². The molecule has 1 saturated heterocycles. The van der Waals surface area contributed by atoms with Gasteiger partial charge in [0.2, 0.25) is 0 Å². The number of piperidine rings is 1. The highest BCUT2D eigenvalue weighted by Gasteiger charge is 2.30. The van der Waals surface area contributed by atoms with Crippen LogP contribution in [0.1, 0.15) is 46.5 Å². The molecule has 0 aliphatic carbocycles. The largest absolute Gasteiger partial charge is 0.309 e. The minimum atomic E-state index is 0.197. The van der Waals surface area contributed by atoms with E-state index >= 15 is 0 Å². The normalized spacial score (nSPS) is 22.4. The number of rotatable bonds is 5. The molecule has 0 aromatic rings.